The van der Waals surface area contributed by atoms with Crippen LogP contribution in [0.4, 0.5) is 0 Å². The van der Waals surface area contributed by atoms with Crippen molar-refractivity contribution in [2.45, 2.75) is 82.7 Å². The maximum Gasteiger partial charge on any atom is 0.224 e. The van der Waals surface area contributed by atoms with Crippen LogP contribution >= 0.6 is 0 Å². The first-order valence-corrected chi connectivity index (χ1v) is 13.8. The van der Waals surface area contributed by atoms with E-state index in [1.54, 1.807) is 7.11 Å². The molecule has 1 aliphatic heterocycles. The topological polar surface area (TPSA) is 102 Å². The van der Waals surface area contributed by atoms with Gasteiger partial charge in [0.2, 0.25) is 11.8 Å². The highest BCUT2D eigenvalue weighted by molar-refractivity contribution is 5.78. The standard InChI is InChI=1S/C28H43N5O3/c1-36-16-8-15-33-25-13-6-5-12-24(25)31-28(33)22-11-7-14-32(20-22)27(35)18-23(29)19-30-26(34)17-21-9-3-2-4-10-21/h5-6,12-13,21-23H,2-4,7-11,14-20,29H2,1H3,(H,30,34)/t22-,23-/m1/s1. The lowest BCUT2D eigenvalue weighted by atomic mass is 9.87. The average Bonchev–Trinajstić information content (AvgIpc) is 3.27. The number of nitrogens with zero attached hydrogens (tertiary/aromatic N) is 3. The zero-order valence-electron chi connectivity index (χ0n) is 21.8. The molecule has 2 fully saturated rings. The summed E-state index contributed by atoms with van der Waals surface area (Å²) in [4.78, 5) is 32.3. The van der Waals surface area contributed by atoms with Gasteiger partial charge in [-0.1, -0.05) is 31.4 Å². The van der Waals surface area contributed by atoms with Crippen molar-refractivity contribution in [1.29, 1.82) is 0 Å². The van der Waals surface area contributed by atoms with Gasteiger partial charge in [0.15, 0.2) is 0 Å². The number of aryl methyl sites for hydroxylation is 1. The minimum atomic E-state index is -0.369. The van der Waals surface area contributed by atoms with Gasteiger partial charge in [0.25, 0.3) is 0 Å². The van der Waals surface area contributed by atoms with Crippen molar-refractivity contribution in [3.63, 3.8) is 0 Å². The minimum Gasteiger partial charge on any atom is -0.385 e. The third-order valence-electron chi connectivity index (χ3n) is 7.75. The molecule has 4 rings (SSSR count). The van der Waals surface area contributed by atoms with Crippen molar-refractivity contribution in [1.82, 2.24) is 19.8 Å². The summed E-state index contributed by atoms with van der Waals surface area (Å²) in [6, 6.07) is 7.87. The molecule has 2 aromatic rings. The molecule has 2 heterocycles. The molecule has 0 spiro atoms. The highest BCUT2D eigenvalue weighted by Gasteiger charge is 2.29. The number of ether oxygens (including phenoxy) is 1. The van der Waals surface area contributed by atoms with Crippen LogP contribution in [0.25, 0.3) is 11.0 Å². The molecule has 1 saturated heterocycles. The van der Waals surface area contributed by atoms with Crippen LogP contribution in [0.5, 0.6) is 0 Å². The van der Waals surface area contributed by atoms with Gasteiger partial charge in [-0.2, -0.15) is 0 Å². The number of nitrogens with two attached hydrogens (primary N) is 1. The Morgan fingerprint density at radius 1 is 1.17 bits per heavy atom. The predicted octanol–water partition coefficient (Wildman–Crippen LogP) is 3.58. The second-order valence-electron chi connectivity index (χ2n) is 10.6. The molecule has 3 N–H and O–H groups in total. The summed E-state index contributed by atoms with van der Waals surface area (Å²) in [6.45, 7) is 3.31. The first kappa shape index (κ1) is 26.6. The van der Waals surface area contributed by atoms with Gasteiger partial charge in [-0.3, -0.25) is 9.59 Å². The summed E-state index contributed by atoms with van der Waals surface area (Å²) >= 11 is 0. The fourth-order valence-electron chi connectivity index (χ4n) is 5.82. The Kier molecular flexibility index (Phi) is 9.75. The van der Waals surface area contributed by atoms with E-state index in [1.165, 1.54) is 19.3 Å². The molecular weight excluding hydrogens is 454 g/mol. The second-order valence-corrected chi connectivity index (χ2v) is 10.6. The summed E-state index contributed by atoms with van der Waals surface area (Å²) in [7, 11) is 1.73. The van der Waals surface area contributed by atoms with E-state index < -0.39 is 0 Å². The third kappa shape index (κ3) is 7.07. The SMILES string of the molecule is COCCCn1c([C@@H]2CCCN(C(=O)C[C@@H](N)CNC(=O)CC3CCCCC3)C2)nc2ccccc21. The molecule has 1 saturated carbocycles. The van der Waals surface area contributed by atoms with Gasteiger partial charge in [0.05, 0.1) is 11.0 Å². The molecule has 1 aromatic heterocycles. The quantitative estimate of drug-likeness (QED) is 0.462. The molecule has 198 valence electrons. The summed E-state index contributed by atoms with van der Waals surface area (Å²) in [5.41, 5.74) is 8.40. The zero-order chi connectivity index (χ0) is 25.3. The van der Waals surface area contributed by atoms with Gasteiger partial charge in [-0.25, -0.2) is 4.98 Å². The molecule has 2 amide bonds. The molecule has 2 atom stereocenters. The Bertz CT molecular complexity index is 1000. The lowest BCUT2D eigenvalue weighted by molar-refractivity contribution is -0.133. The number of amides is 2. The summed E-state index contributed by atoms with van der Waals surface area (Å²) < 4.78 is 7.58. The maximum absolute atomic E-state index is 13.1. The first-order valence-electron chi connectivity index (χ1n) is 13.8. The molecule has 8 nitrogen and oxygen atoms in total. The Hall–Kier alpha value is -2.45. The summed E-state index contributed by atoms with van der Waals surface area (Å²) in [5.74, 6) is 1.89. The average molecular weight is 498 g/mol. The van der Waals surface area contributed by atoms with E-state index >= 15 is 0 Å². The van der Waals surface area contributed by atoms with Crippen molar-refractivity contribution in [2.24, 2.45) is 11.7 Å². The van der Waals surface area contributed by atoms with Crippen molar-refractivity contribution < 1.29 is 14.3 Å². The zero-order valence-corrected chi connectivity index (χ0v) is 21.8. The van der Waals surface area contributed by atoms with Crippen LogP contribution in [0.15, 0.2) is 24.3 Å². The Morgan fingerprint density at radius 2 is 1.97 bits per heavy atom. The lowest BCUT2D eigenvalue weighted by Gasteiger charge is -2.33. The lowest BCUT2D eigenvalue weighted by Crippen LogP contribution is -2.45. The van der Waals surface area contributed by atoms with Crippen LogP contribution in [0.3, 0.4) is 0 Å². The molecule has 8 heteroatoms. The number of methoxy groups -OCH3 is 1. The molecule has 2 aliphatic rings. The number of hydrogen-bond donors (Lipinski definition) is 2. The largest absolute Gasteiger partial charge is 0.385 e. The summed E-state index contributed by atoms with van der Waals surface area (Å²) in [6.07, 6.45) is 9.75. The number of fused-ring (bicyclic) bond motifs is 1. The Balaban J connectivity index is 1.31. The van der Waals surface area contributed by atoms with Gasteiger partial charge < -0.3 is 25.3 Å². The van der Waals surface area contributed by atoms with Crippen LogP contribution in [-0.4, -0.2) is 65.7 Å². The number of carbonyl (C=O) groups excluding carboxylic acids is 2. The number of para-hydroxylation sites is 2. The summed E-state index contributed by atoms with van der Waals surface area (Å²) in [5, 5.41) is 2.96. The fourth-order valence-corrected chi connectivity index (χ4v) is 5.82. The first-order chi connectivity index (χ1) is 17.5. The van der Waals surface area contributed by atoms with Gasteiger partial charge >= 0.3 is 0 Å². The number of rotatable bonds is 11. The van der Waals surface area contributed by atoms with E-state index in [9.17, 15) is 9.59 Å². The van der Waals surface area contributed by atoms with Crippen LogP contribution in [0.1, 0.15) is 76.0 Å². The molecule has 0 bridgehead atoms. The van der Waals surface area contributed by atoms with E-state index in [0.29, 0.717) is 32.0 Å². The smallest absolute Gasteiger partial charge is 0.224 e. The number of likely N-dealkylation sites (tertiary alicyclic amines) is 1. The fraction of sp³-hybridized carbons (Fsp3) is 0.679. The Morgan fingerprint density at radius 3 is 2.78 bits per heavy atom. The number of imidazole rings is 1. The predicted molar refractivity (Wildman–Crippen MR) is 142 cm³/mol. The monoisotopic (exact) mass is 497 g/mol. The molecule has 0 radical (unpaired) electrons. The van der Waals surface area contributed by atoms with E-state index in [4.69, 9.17) is 15.5 Å². The van der Waals surface area contributed by atoms with Crippen LogP contribution in [0, 0.1) is 5.92 Å². The normalized spacial score (nSPS) is 19.9. The highest BCUT2D eigenvalue weighted by atomic mass is 16.5. The van der Waals surface area contributed by atoms with Crippen molar-refractivity contribution in [3.8, 4) is 0 Å². The number of carbonyl (C=O) groups is 2. The van der Waals surface area contributed by atoms with Crippen LogP contribution < -0.4 is 11.1 Å². The molecule has 0 unspecified atom stereocenters. The van der Waals surface area contributed by atoms with E-state index in [2.05, 4.69) is 22.0 Å². The van der Waals surface area contributed by atoms with Gasteiger partial charge in [0, 0.05) is 64.7 Å². The highest BCUT2D eigenvalue weighted by Crippen LogP contribution is 2.30. The number of aromatic nitrogens is 2. The van der Waals surface area contributed by atoms with Crippen LogP contribution in [0.2, 0.25) is 0 Å². The van der Waals surface area contributed by atoms with E-state index in [1.807, 2.05) is 17.0 Å². The minimum absolute atomic E-state index is 0.0650. The number of nitrogens with one attached hydrogen (secondary N) is 1. The number of hydrogen-bond acceptors (Lipinski definition) is 5. The molecule has 1 aliphatic carbocycles. The third-order valence-corrected chi connectivity index (χ3v) is 7.75. The van der Waals surface area contributed by atoms with Crippen molar-refractivity contribution in [2.75, 3.05) is 33.4 Å². The molecular formula is C28H43N5O3. The number of piperidine rings is 1. The van der Waals surface area contributed by atoms with Gasteiger partial charge in [-0.05, 0) is 50.2 Å². The number of benzene rings is 1. The van der Waals surface area contributed by atoms with Crippen molar-refractivity contribution in [3.05, 3.63) is 30.1 Å². The van der Waals surface area contributed by atoms with Gasteiger partial charge in [0.1, 0.15) is 5.82 Å². The van der Waals surface area contributed by atoms with E-state index in [0.717, 1.165) is 62.1 Å². The second kappa shape index (κ2) is 13.2. The maximum atomic E-state index is 13.1. The Labute approximate surface area is 214 Å². The van der Waals surface area contributed by atoms with E-state index in [-0.39, 0.29) is 30.2 Å². The van der Waals surface area contributed by atoms with Gasteiger partial charge in [-0.15, -0.1) is 0 Å². The molecule has 36 heavy (non-hydrogen) atoms. The van der Waals surface area contributed by atoms with Crippen LogP contribution in [-0.2, 0) is 20.9 Å². The van der Waals surface area contributed by atoms with Crippen molar-refractivity contribution >= 4 is 22.8 Å². The molecule has 1 aromatic carbocycles.